The van der Waals surface area contributed by atoms with E-state index in [1.165, 1.54) is 37.4 Å². The number of aromatic nitrogens is 1. The summed E-state index contributed by atoms with van der Waals surface area (Å²) in [4.78, 5) is 20.7. The minimum Gasteiger partial charge on any atom is -0.428 e. The fourth-order valence-electron chi connectivity index (χ4n) is 3.21. The molecule has 1 atom stereocenters. The van der Waals surface area contributed by atoms with Gasteiger partial charge >= 0.3 is 0 Å². The Morgan fingerprint density at radius 3 is 2.81 bits per heavy atom. The molecule has 160 valence electrons. The topological polar surface area (TPSA) is 113 Å². The molecule has 3 rings (SSSR count). The summed E-state index contributed by atoms with van der Waals surface area (Å²) in [5.74, 6) is -1.42. The molecule has 0 saturated heterocycles. The van der Waals surface area contributed by atoms with Gasteiger partial charge in [0.2, 0.25) is 0 Å². The monoisotopic (exact) mass is 429 g/mol. The van der Waals surface area contributed by atoms with Gasteiger partial charge in [0, 0.05) is 23.9 Å². The molecule has 0 bridgehead atoms. The van der Waals surface area contributed by atoms with Crippen molar-refractivity contribution in [1.29, 1.82) is 5.26 Å². The van der Waals surface area contributed by atoms with Crippen LogP contribution in [0.1, 0.15) is 34.1 Å². The van der Waals surface area contributed by atoms with Crippen LogP contribution in [0.5, 0.6) is 0 Å². The van der Waals surface area contributed by atoms with Crippen LogP contribution in [0.2, 0.25) is 0 Å². The van der Waals surface area contributed by atoms with Gasteiger partial charge in [0.1, 0.15) is 35.6 Å². The number of hydrogen-bond acceptors (Lipinski definition) is 6. The number of ether oxygens (including phenoxy) is 1. The van der Waals surface area contributed by atoms with Crippen LogP contribution in [0.15, 0.2) is 47.3 Å². The molecule has 0 radical (unpaired) electrons. The number of aliphatic imine (C=N–C) groups is 1. The number of benzene rings is 1. The van der Waals surface area contributed by atoms with E-state index >= 15 is 0 Å². The lowest BCUT2D eigenvalue weighted by Gasteiger charge is -2.28. The Morgan fingerprint density at radius 1 is 1.35 bits per heavy atom. The second-order valence-electron chi connectivity index (χ2n) is 6.88. The lowest BCUT2D eigenvalue weighted by Crippen LogP contribution is -2.31. The van der Waals surface area contributed by atoms with Crippen molar-refractivity contribution in [2.24, 2.45) is 10.7 Å². The molecule has 10 heteroatoms. The standard InChI is InChI=1S/C21H18F3N5O2/c1-21(8-15(9-23)31-20(26)29-21)16-7-14(2-3-17(16)24)28-19(30)18-13(4-5-22)6-12(10-25)11-27-18/h2-3,6-8,11H,4-5,9H2,1H3,(H2,26,29)(H,28,30)/t21-/m0/s1. The zero-order chi connectivity index (χ0) is 22.6. The van der Waals surface area contributed by atoms with Crippen molar-refractivity contribution in [3.8, 4) is 6.07 Å². The number of nitrogens with zero attached hydrogens (tertiary/aromatic N) is 3. The number of nitriles is 1. The molecule has 1 aromatic carbocycles. The first-order valence-corrected chi connectivity index (χ1v) is 9.17. The van der Waals surface area contributed by atoms with Crippen LogP contribution in [0.3, 0.4) is 0 Å². The number of pyridine rings is 1. The maximum Gasteiger partial charge on any atom is 0.288 e. The van der Waals surface area contributed by atoms with Gasteiger partial charge in [-0.2, -0.15) is 5.26 Å². The van der Waals surface area contributed by atoms with Crippen LogP contribution in [0.25, 0.3) is 0 Å². The molecular formula is C21H18F3N5O2. The summed E-state index contributed by atoms with van der Waals surface area (Å²) in [5.41, 5.74) is 4.88. The zero-order valence-electron chi connectivity index (χ0n) is 16.5. The Morgan fingerprint density at radius 2 is 2.13 bits per heavy atom. The van der Waals surface area contributed by atoms with Gasteiger partial charge in [0.05, 0.1) is 12.2 Å². The van der Waals surface area contributed by atoms with Crippen molar-refractivity contribution < 1.29 is 22.7 Å². The highest BCUT2D eigenvalue weighted by molar-refractivity contribution is 6.04. The third-order valence-corrected chi connectivity index (χ3v) is 4.60. The number of amidine groups is 1. The van der Waals surface area contributed by atoms with Crippen molar-refractivity contribution in [1.82, 2.24) is 4.98 Å². The minimum absolute atomic E-state index is 0.0271. The number of hydrogen-bond donors (Lipinski definition) is 2. The highest BCUT2D eigenvalue weighted by atomic mass is 19.1. The Labute approximate surface area is 176 Å². The van der Waals surface area contributed by atoms with Gasteiger partial charge in [-0.1, -0.05) is 0 Å². The van der Waals surface area contributed by atoms with Gasteiger partial charge < -0.3 is 15.8 Å². The molecular weight excluding hydrogens is 411 g/mol. The van der Waals surface area contributed by atoms with E-state index in [1.807, 2.05) is 6.07 Å². The van der Waals surface area contributed by atoms with E-state index in [0.29, 0.717) is 0 Å². The van der Waals surface area contributed by atoms with E-state index in [0.717, 1.165) is 6.07 Å². The van der Waals surface area contributed by atoms with Gasteiger partial charge in [0.25, 0.3) is 11.9 Å². The minimum atomic E-state index is -1.36. The van der Waals surface area contributed by atoms with Gasteiger partial charge in [0.15, 0.2) is 0 Å². The summed E-state index contributed by atoms with van der Waals surface area (Å²) in [6.45, 7) is -0.171. The number of amides is 1. The molecule has 1 amide bonds. The smallest absolute Gasteiger partial charge is 0.288 e. The van der Waals surface area contributed by atoms with Crippen LogP contribution in [0.4, 0.5) is 18.9 Å². The zero-order valence-corrected chi connectivity index (χ0v) is 16.5. The molecule has 2 heterocycles. The number of allylic oxidation sites excluding steroid dienone is 1. The molecule has 1 aliphatic rings. The molecule has 0 fully saturated rings. The number of carbonyl (C=O) groups is 1. The quantitative estimate of drug-likeness (QED) is 0.732. The predicted molar refractivity (Wildman–Crippen MR) is 107 cm³/mol. The van der Waals surface area contributed by atoms with Crippen molar-refractivity contribution >= 4 is 17.6 Å². The molecule has 3 N–H and O–H groups in total. The van der Waals surface area contributed by atoms with E-state index < -0.39 is 30.6 Å². The van der Waals surface area contributed by atoms with E-state index in [-0.39, 0.29) is 46.3 Å². The molecule has 0 spiro atoms. The molecule has 2 aromatic rings. The van der Waals surface area contributed by atoms with E-state index in [4.69, 9.17) is 15.7 Å². The Kier molecular flexibility index (Phi) is 6.25. The van der Waals surface area contributed by atoms with E-state index in [9.17, 15) is 18.0 Å². The van der Waals surface area contributed by atoms with Crippen LogP contribution in [-0.2, 0) is 16.7 Å². The molecule has 0 unspecified atom stereocenters. The maximum atomic E-state index is 14.6. The second-order valence-corrected chi connectivity index (χ2v) is 6.88. The summed E-state index contributed by atoms with van der Waals surface area (Å²) in [6.07, 6.45) is 2.41. The van der Waals surface area contributed by atoms with Crippen molar-refractivity contribution in [3.63, 3.8) is 0 Å². The maximum absolute atomic E-state index is 14.6. The number of carbonyl (C=O) groups excluding carboxylic acids is 1. The fraction of sp³-hybridized carbons (Fsp3) is 0.238. The Balaban J connectivity index is 1.95. The molecule has 0 aliphatic carbocycles. The van der Waals surface area contributed by atoms with Gasteiger partial charge in [-0.3, -0.25) is 9.18 Å². The number of nitrogens with two attached hydrogens (primary N) is 1. The normalized spacial score (nSPS) is 17.8. The SMILES string of the molecule is C[C@@]1(c2cc(NC(=O)c3ncc(C#N)cc3CCF)ccc2F)C=C(CF)OC(N)=N1. The average molecular weight is 429 g/mol. The summed E-state index contributed by atoms with van der Waals surface area (Å²) >= 11 is 0. The lowest BCUT2D eigenvalue weighted by molar-refractivity contribution is 0.102. The number of alkyl halides is 2. The fourth-order valence-corrected chi connectivity index (χ4v) is 3.21. The van der Waals surface area contributed by atoms with Gasteiger partial charge in [-0.05, 0) is 42.8 Å². The predicted octanol–water partition coefficient (Wildman–Crippen LogP) is 3.27. The van der Waals surface area contributed by atoms with Crippen molar-refractivity contribution in [2.75, 3.05) is 18.7 Å². The number of anilines is 1. The van der Waals surface area contributed by atoms with Crippen LogP contribution in [-0.4, -0.2) is 30.3 Å². The molecule has 7 nitrogen and oxygen atoms in total. The van der Waals surface area contributed by atoms with Crippen molar-refractivity contribution in [3.05, 3.63) is 70.5 Å². The lowest BCUT2D eigenvalue weighted by atomic mass is 9.90. The van der Waals surface area contributed by atoms with Crippen LogP contribution >= 0.6 is 0 Å². The first-order valence-electron chi connectivity index (χ1n) is 9.17. The summed E-state index contributed by atoms with van der Waals surface area (Å²) in [7, 11) is 0. The third-order valence-electron chi connectivity index (χ3n) is 4.60. The van der Waals surface area contributed by atoms with Gasteiger partial charge in [-0.25, -0.2) is 18.8 Å². The van der Waals surface area contributed by atoms with Crippen molar-refractivity contribution in [2.45, 2.75) is 18.9 Å². The van der Waals surface area contributed by atoms with Crippen LogP contribution < -0.4 is 11.1 Å². The number of aryl methyl sites for hydroxylation is 1. The van der Waals surface area contributed by atoms with E-state index in [2.05, 4.69) is 15.3 Å². The first-order chi connectivity index (χ1) is 14.8. The summed E-state index contributed by atoms with van der Waals surface area (Å²) in [5, 5.41) is 11.6. The first kappa shape index (κ1) is 21.8. The number of rotatable bonds is 6. The Hall–Kier alpha value is -3.87. The average Bonchev–Trinajstić information content (AvgIpc) is 2.74. The number of halogens is 3. The third kappa shape index (κ3) is 4.66. The highest BCUT2D eigenvalue weighted by Gasteiger charge is 2.32. The largest absolute Gasteiger partial charge is 0.428 e. The van der Waals surface area contributed by atoms with E-state index in [1.54, 1.807) is 0 Å². The molecule has 1 aliphatic heterocycles. The molecule has 1 aromatic heterocycles. The summed E-state index contributed by atoms with van der Waals surface area (Å²) in [6, 6.07) is 6.74. The molecule has 0 saturated carbocycles. The Bertz CT molecular complexity index is 1130. The second kappa shape index (κ2) is 8.87. The van der Waals surface area contributed by atoms with Gasteiger partial charge in [-0.15, -0.1) is 0 Å². The van der Waals surface area contributed by atoms with Crippen LogP contribution in [0, 0.1) is 17.1 Å². The number of nitrogens with one attached hydrogen (secondary N) is 1. The highest BCUT2D eigenvalue weighted by Crippen LogP contribution is 2.35. The summed E-state index contributed by atoms with van der Waals surface area (Å²) < 4.78 is 45.5. The molecule has 31 heavy (non-hydrogen) atoms.